The van der Waals surface area contributed by atoms with Crippen molar-refractivity contribution in [3.05, 3.63) is 59.4 Å². The molecule has 0 aromatic heterocycles. The van der Waals surface area contributed by atoms with Crippen LogP contribution in [0.3, 0.4) is 0 Å². The maximum atomic E-state index is 12.8. The van der Waals surface area contributed by atoms with Gasteiger partial charge in [-0.05, 0) is 47.9 Å². The van der Waals surface area contributed by atoms with Gasteiger partial charge < -0.3 is 10.1 Å². The van der Waals surface area contributed by atoms with E-state index in [-0.39, 0.29) is 11.7 Å². The number of anilines is 1. The van der Waals surface area contributed by atoms with Gasteiger partial charge in [0.1, 0.15) is 11.6 Å². The number of rotatable bonds is 6. The van der Waals surface area contributed by atoms with E-state index in [4.69, 9.17) is 4.74 Å². The largest absolute Gasteiger partial charge is 0.493 e. The third kappa shape index (κ3) is 4.48. The Morgan fingerprint density at radius 1 is 1.13 bits per heavy atom. The Morgan fingerprint density at radius 3 is 2.78 bits per heavy atom. The number of halogens is 1. The van der Waals surface area contributed by atoms with Gasteiger partial charge in [-0.15, -0.1) is 0 Å². The first kappa shape index (κ1) is 15.9. The average Bonchev–Trinajstić information content (AvgIpc) is 2.56. The van der Waals surface area contributed by atoms with Gasteiger partial charge in [-0.3, -0.25) is 4.79 Å². The molecule has 3 rings (SSSR count). The number of aryl methyl sites for hydroxylation is 1. The number of carbonyl (C=O) groups excluding carboxylic acids is 1. The molecule has 5 heteroatoms. The molecule has 0 bridgehead atoms. The standard InChI is InChI=1S/C18H18FNO2S/c19-15-4-1-13(2-5-15)12-23-10-9-22-16-6-7-17-14(11-16)3-8-18(21)20-17/h1-2,4-7,11H,3,8-10,12H2,(H,20,21). The van der Waals surface area contributed by atoms with E-state index in [2.05, 4.69) is 5.32 Å². The van der Waals surface area contributed by atoms with Crippen LogP contribution in [0.1, 0.15) is 17.5 Å². The molecule has 1 heterocycles. The fourth-order valence-electron chi connectivity index (χ4n) is 2.44. The molecular formula is C18H18FNO2S. The van der Waals surface area contributed by atoms with Crippen molar-refractivity contribution >= 4 is 23.4 Å². The number of thioether (sulfide) groups is 1. The van der Waals surface area contributed by atoms with Crippen LogP contribution >= 0.6 is 11.8 Å². The molecule has 0 saturated carbocycles. The van der Waals surface area contributed by atoms with Crippen molar-refractivity contribution in [3.63, 3.8) is 0 Å². The van der Waals surface area contributed by atoms with Crippen LogP contribution in [0.4, 0.5) is 10.1 Å². The van der Waals surface area contributed by atoms with Gasteiger partial charge in [0.05, 0.1) is 6.61 Å². The second-order valence-corrected chi connectivity index (χ2v) is 6.50. The molecule has 1 amide bonds. The maximum absolute atomic E-state index is 12.8. The maximum Gasteiger partial charge on any atom is 0.224 e. The molecule has 3 nitrogen and oxygen atoms in total. The van der Waals surface area contributed by atoms with Crippen molar-refractivity contribution in [3.8, 4) is 5.75 Å². The van der Waals surface area contributed by atoms with Crippen LogP contribution in [0.5, 0.6) is 5.75 Å². The Labute approximate surface area is 139 Å². The summed E-state index contributed by atoms with van der Waals surface area (Å²) in [7, 11) is 0. The Balaban J connectivity index is 1.42. The van der Waals surface area contributed by atoms with Crippen molar-refractivity contribution in [1.82, 2.24) is 0 Å². The van der Waals surface area contributed by atoms with Crippen LogP contribution in [-0.2, 0) is 17.0 Å². The van der Waals surface area contributed by atoms with Gasteiger partial charge in [0, 0.05) is 23.6 Å². The Kier molecular flexibility index (Phi) is 5.18. The molecule has 2 aromatic carbocycles. The van der Waals surface area contributed by atoms with E-state index >= 15 is 0 Å². The predicted molar refractivity (Wildman–Crippen MR) is 91.4 cm³/mol. The van der Waals surface area contributed by atoms with Gasteiger partial charge in [-0.25, -0.2) is 4.39 Å². The lowest BCUT2D eigenvalue weighted by Crippen LogP contribution is -2.18. The highest BCUT2D eigenvalue weighted by Crippen LogP contribution is 2.26. The second-order valence-electron chi connectivity index (χ2n) is 5.39. The highest BCUT2D eigenvalue weighted by molar-refractivity contribution is 7.98. The number of hydrogen-bond donors (Lipinski definition) is 1. The molecule has 0 spiro atoms. The minimum atomic E-state index is -0.203. The summed E-state index contributed by atoms with van der Waals surface area (Å²) in [6.07, 6.45) is 1.29. The minimum Gasteiger partial charge on any atom is -0.493 e. The van der Waals surface area contributed by atoms with Gasteiger partial charge in [0.15, 0.2) is 0 Å². The summed E-state index contributed by atoms with van der Waals surface area (Å²) in [6.45, 7) is 0.622. The quantitative estimate of drug-likeness (QED) is 0.813. The first-order chi connectivity index (χ1) is 11.2. The zero-order chi connectivity index (χ0) is 16.1. The van der Waals surface area contributed by atoms with E-state index in [1.54, 1.807) is 23.9 Å². The monoisotopic (exact) mass is 331 g/mol. The smallest absolute Gasteiger partial charge is 0.224 e. The van der Waals surface area contributed by atoms with Crippen LogP contribution in [0, 0.1) is 5.82 Å². The molecule has 0 radical (unpaired) electrons. The Bertz CT molecular complexity index is 688. The molecule has 0 fully saturated rings. The second kappa shape index (κ2) is 7.51. The van der Waals surface area contributed by atoms with E-state index in [1.807, 2.05) is 18.2 Å². The molecule has 23 heavy (non-hydrogen) atoms. The van der Waals surface area contributed by atoms with Crippen LogP contribution < -0.4 is 10.1 Å². The molecule has 2 aromatic rings. The summed E-state index contributed by atoms with van der Waals surface area (Å²) in [6, 6.07) is 12.4. The average molecular weight is 331 g/mol. The molecule has 1 aliphatic heterocycles. The number of amides is 1. The van der Waals surface area contributed by atoms with Crippen molar-refractivity contribution in [2.45, 2.75) is 18.6 Å². The molecule has 0 saturated heterocycles. The summed E-state index contributed by atoms with van der Waals surface area (Å²) in [4.78, 5) is 11.3. The third-order valence-electron chi connectivity index (χ3n) is 3.65. The first-order valence-electron chi connectivity index (χ1n) is 7.58. The van der Waals surface area contributed by atoms with Gasteiger partial charge in [0.2, 0.25) is 5.91 Å². The van der Waals surface area contributed by atoms with Gasteiger partial charge >= 0.3 is 0 Å². The number of carbonyl (C=O) groups is 1. The SMILES string of the molecule is O=C1CCc2cc(OCCSCc3ccc(F)cc3)ccc2N1. The van der Waals surface area contributed by atoms with Gasteiger partial charge in [0.25, 0.3) is 0 Å². The fourth-order valence-corrected chi connectivity index (χ4v) is 3.21. The van der Waals surface area contributed by atoms with Crippen LogP contribution in [0.15, 0.2) is 42.5 Å². The highest BCUT2D eigenvalue weighted by atomic mass is 32.2. The molecule has 0 unspecified atom stereocenters. The zero-order valence-electron chi connectivity index (χ0n) is 12.7. The number of fused-ring (bicyclic) bond motifs is 1. The predicted octanol–water partition coefficient (Wildman–Crippen LogP) is 4.02. The van der Waals surface area contributed by atoms with Crippen molar-refractivity contribution in [2.24, 2.45) is 0 Å². The summed E-state index contributed by atoms with van der Waals surface area (Å²) in [5.41, 5.74) is 3.13. The number of hydrogen-bond acceptors (Lipinski definition) is 3. The summed E-state index contributed by atoms with van der Waals surface area (Å²) < 4.78 is 18.6. The van der Waals surface area contributed by atoms with Crippen LogP contribution in [0.25, 0.3) is 0 Å². The number of nitrogens with one attached hydrogen (secondary N) is 1. The number of ether oxygens (including phenoxy) is 1. The summed E-state index contributed by atoms with van der Waals surface area (Å²) >= 11 is 1.76. The van der Waals surface area contributed by atoms with Crippen LogP contribution in [-0.4, -0.2) is 18.3 Å². The molecule has 1 N–H and O–H groups in total. The van der Waals surface area contributed by atoms with E-state index in [0.717, 1.165) is 40.5 Å². The summed E-state index contributed by atoms with van der Waals surface area (Å²) in [5.74, 6) is 2.42. The van der Waals surface area contributed by atoms with Gasteiger partial charge in [-0.1, -0.05) is 12.1 Å². The Hall–Kier alpha value is -2.01. The zero-order valence-corrected chi connectivity index (χ0v) is 13.5. The van der Waals surface area contributed by atoms with Crippen LogP contribution in [0.2, 0.25) is 0 Å². The first-order valence-corrected chi connectivity index (χ1v) is 8.74. The lowest BCUT2D eigenvalue weighted by Gasteiger charge is -2.17. The molecule has 0 aliphatic carbocycles. The van der Waals surface area contributed by atoms with Gasteiger partial charge in [-0.2, -0.15) is 11.8 Å². The molecular weight excluding hydrogens is 313 g/mol. The van der Waals surface area contributed by atoms with E-state index < -0.39 is 0 Å². The number of benzene rings is 2. The topological polar surface area (TPSA) is 38.3 Å². The van der Waals surface area contributed by atoms with E-state index in [9.17, 15) is 9.18 Å². The minimum absolute atomic E-state index is 0.0726. The molecule has 0 atom stereocenters. The van der Waals surface area contributed by atoms with Crippen molar-refractivity contribution in [1.29, 1.82) is 0 Å². The lowest BCUT2D eigenvalue weighted by molar-refractivity contribution is -0.116. The highest BCUT2D eigenvalue weighted by Gasteiger charge is 2.14. The normalized spacial score (nSPS) is 13.3. The molecule has 1 aliphatic rings. The van der Waals surface area contributed by atoms with Crippen molar-refractivity contribution in [2.75, 3.05) is 17.7 Å². The van der Waals surface area contributed by atoms with E-state index in [1.165, 1.54) is 12.1 Å². The van der Waals surface area contributed by atoms with E-state index in [0.29, 0.717) is 13.0 Å². The Morgan fingerprint density at radius 2 is 1.96 bits per heavy atom. The van der Waals surface area contributed by atoms with Crippen molar-refractivity contribution < 1.29 is 13.9 Å². The fraction of sp³-hybridized carbons (Fsp3) is 0.278. The lowest BCUT2D eigenvalue weighted by atomic mass is 10.0. The third-order valence-corrected chi connectivity index (χ3v) is 4.64. The summed E-state index contributed by atoms with van der Waals surface area (Å²) in [5, 5.41) is 2.86. The molecule has 120 valence electrons.